The highest BCUT2D eigenvalue weighted by molar-refractivity contribution is 5.88. The van der Waals surface area contributed by atoms with Crippen molar-refractivity contribution in [3.8, 4) is 11.1 Å². The average Bonchev–Trinajstić information content (AvgIpc) is 2.77. The van der Waals surface area contributed by atoms with E-state index in [0.717, 1.165) is 25.8 Å². The van der Waals surface area contributed by atoms with Crippen molar-refractivity contribution in [1.82, 2.24) is 5.32 Å². The second-order valence-electron chi connectivity index (χ2n) is 8.32. The van der Waals surface area contributed by atoms with Crippen LogP contribution in [-0.2, 0) is 22.4 Å². The number of nitrogens with one attached hydrogen (secondary N) is 1. The van der Waals surface area contributed by atoms with E-state index in [9.17, 15) is 4.79 Å². The molecule has 0 bridgehead atoms. The number of carbonyl (C=O) groups is 1. The third-order valence-corrected chi connectivity index (χ3v) is 5.58. The van der Waals surface area contributed by atoms with Gasteiger partial charge in [0.15, 0.2) is 0 Å². The molecule has 2 rings (SSSR count). The molecule has 3 nitrogen and oxygen atoms in total. The molecule has 0 spiro atoms. The molecule has 0 aromatic heterocycles. The van der Waals surface area contributed by atoms with Crippen molar-refractivity contribution in [2.75, 3.05) is 19.7 Å². The predicted molar refractivity (Wildman–Crippen MR) is 131 cm³/mol. The number of carbonyl (C=O) groups excluding carboxylic acids is 1. The number of benzene rings is 2. The van der Waals surface area contributed by atoms with E-state index in [4.69, 9.17) is 4.74 Å². The Morgan fingerprint density at radius 1 is 0.935 bits per heavy atom. The summed E-state index contributed by atoms with van der Waals surface area (Å²) >= 11 is 0. The molecule has 0 aliphatic rings. The Hall–Kier alpha value is -2.39. The molecule has 0 unspecified atom stereocenters. The summed E-state index contributed by atoms with van der Waals surface area (Å²) in [5, 5.41) is 3.22. The summed E-state index contributed by atoms with van der Waals surface area (Å²) in [6.45, 7) is 12.1. The molecule has 3 heteroatoms. The smallest absolute Gasteiger partial charge is 0.334 e. The summed E-state index contributed by atoms with van der Waals surface area (Å²) in [6.07, 6.45) is 7.91. The van der Waals surface area contributed by atoms with E-state index in [1.54, 1.807) is 0 Å². The predicted octanol–water partition coefficient (Wildman–Crippen LogP) is 6.43. The first-order chi connectivity index (χ1) is 15.0. The number of rotatable bonds is 14. The fraction of sp³-hybridized carbons (Fsp3) is 0.464. The number of hydrogen-bond donors (Lipinski definition) is 1. The Morgan fingerprint density at radius 3 is 2.32 bits per heavy atom. The van der Waals surface area contributed by atoms with Crippen molar-refractivity contribution in [2.24, 2.45) is 0 Å². The number of ether oxygens (including phenoxy) is 1. The first-order valence-electron chi connectivity index (χ1n) is 11.8. The number of hydrogen-bond acceptors (Lipinski definition) is 3. The molecule has 0 heterocycles. The minimum absolute atomic E-state index is 0.309. The fourth-order valence-electron chi connectivity index (χ4n) is 3.61. The first kappa shape index (κ1) is 24.9. The quantitative estimate of drug-likeness (QED) is 0.217. The lowest BCUT2D eigenvalue weighted by molar-refractivity contribution is -0.138. The van der Waals surface area contributed by atoms with Crippen LogP contribution in [0.2, 0.25) is 0 Å². The molecule has 1 N–H and O–H groups in total. The van der Waals surface area contributed by atoms with E-state index in [-0.39, 0.29) is 5.97 Å². The van der Waals surface area contributed by atoms with Gasteiger partial charge in [-0.3, -0.25) is 0 Å². The topological polar surface area (TPSA) is 38.3 Å². The molecule has 0 aliphatic heterocycles. The average molecular weight is 422 g/mol. The minimum Gasteiger partial charge on any atom is -0.462 e. The van der Waals surface area contributed by atoms with Crippen LogP contribution in [0.4, 0.5) is 0 Å². The van der Waals surface area contributed by atoms with Crippen LogP contribution in [-0.4, -0.2) is 25.7 Å². The largest absolute Gasteiger partial charge is 0.462 e. The molecule has 0 amide bonds. The first-order valence-corrected chi connectivity index (χ1v) is 11.8. The Kier molecular flexibility index (Phi) is 11.1. The molecule has 0 fully saturated rings. The van der Waals surface area contributed by atoms with Crippen molar-refractivity contribution < 1.29 is 9.53 Å². The van der Waals surface area contributed by atoms with Gasteiger partial charge in [-0.1, -0.05) is 82.2 Å². The molecular weight excluding hydrogens is 382 g/mol. The van der Waals surface area contributed by atoms with Gasteiger partial charge in [-0.15, -0.1) is 0 Å². The lowest BCUT2D eigenvalue weighted by Gasteiger charge is -2.11. The molecule has 2 aromatic rings. The summed E-state index contributed by atoms with van der Waals surface area (Å²) in [7, 11) is 0. The van der Waals surface area contributed by atoms with E-state index < -0.39 is 0 Å². The van der Waals surface area contributed by atoms with Gasteiger partial charge < -0.3 is 10.1 Å². The van der Waals surface area contributed by atoms with Crippen LogP contribution in [0.25, 0.3) is 11.1 Å². The van der Waals surface area contributed by atoms with E-state index in [1.165, 1.54) is 47.1 Å². The second-order valence-corrected chi connectivity index (χ2v) is 8.32. The van der Waals surface area contributed by atoms with Crippen LogP contribution < -0.4 is 5.32 Å². The van der Waals surface area contributed by atoms with Crippen molar-refractivity contribution in [2.45, 2.75) is 65.7 Å². The number of aryl methyl sites for hydroxylation is 2. The van der Waals surface area contributed by atoms with E-state index in [2.05, 4.69) is 75.1 Å². The summed E-state index contributed by atoms with van der Waals surface area (Å²) in [5.41, 5.74) is 6.83. The second kappa shape index (κ2) is 13.8. The maximum Gasteiger partial charge on any atom is 0.334 e. The third-order valence-electron chi connectivity index (χ3n) is 5.58. The molecule has 168 valence electrons. The Bertz CT molecular complexity index is 823. The Labute approximate surface area is 188 Å². The van der Waals surface area contributed by atoms with Gasteiger partial charge in [0.25, 0.3) is 0 Å². The van der Waals surface area contributed by atoms with E-state index in [0.29, 0.717) is 25.1 Å². The molecule has 0 aliphatic carbocycles. The van der Waals surface area contributed by atoms with Gasteiger partial charge in [-0.2, -0.15) is 0 Å². The summed E-state index contributed by atoms with van der Waals surface area (Å²) in [6, 6.07) is 15.5. The molecule has 0 atom stereocenters. The maximum atomic E-state index is 12.1. The van der Waals surface area contributed by atoms with Gasteiger partial charge in [0.2, 0.25) is 0 Å². The van der Waals surface area contributed by atoms with Gasteiger partial charge >= 0.3 is 5.97 Å². The van der Waals surface area contributed by atoms with Crippen LogP contribution in [0.3, 0.4) is 0 Å². The lowest BCUT2D eigenvalue weighted by atomic mass is 9.96. The maximum absolute atomic E-state index is 12.1. The lowest BCUT2D eigenvalue weighted by Crippen LogP contribution is -2.23. The Balaban J connectivity index is 1.83. The zero-order valence-electron chi connectivity index (χ0n) is 19.6. The highest BCUT2D eigenvalue weighted by atomic mass is 16.5. The van der Waals surface area contributed by atoms with Gasteiger partial charge in [-0.25, -0.2) is 4.79 Å². The summed E-state index contributed by atoms with van der Waals surface area (Å²) in [4.78, 5) is 12.1. The molecule has 0 saturated heterocycles. The van der Waals surface area contributed by atoms with E-state index >= 15 is 0 Å². The third kappa shape index (κ3) is 8.70. The van der Waals surface area contributed by atoms with Crippen LogP contribution in [0, 0.1) is 6.92 Å². The molecular formula is C28H39NO2. The van der Waals surface area contributed by atoms with Gasteiger partial charge in [0, 0.05) is 18.5 Å². The molecule has 2 aromatic carbocycles. The SMILES string of the molecule is C=C(CNCCCC)C(=O)OCCc1ccc(-c2ccc(CCCCC)cc2)c(C)c1. The van der Waals surface area contributed by atoms with Crippen molar-refractivity contribution >= 4 is 5.97 Å². The van der Waals surface area contributed by atoms with Crippen molar-refractivity contribution in [3.63, 3.8) is 0 Å². The van der Waals surface area contributed by atoms with Crippen molar-refractivity contribution in [1.29, 1.82) is 0 Å². The van der Waals surface area contributed by atoms with Crippen LogP contribution >= 0.6 is 0 Å². The molecule has 0 saturated carbocycles. The van der Waals surface area contributed by atoms with E-state index in [1.807, 2.05) is 0 Å². The number of unbranched alkanes of at least 4 members (excludes halogenated alkanes) is 3. The van der Waals surface area contributed by atoms with Crippen LogP contribution in [0.1, 0.15) is 62.6 Å². The highest BCUT2D eigenvalue weighted by Crippen LogP contribution is 2.25. The highest BCUT2D eigenvalue weighted by Gasteiger charge is 2.09. The van der Waals surface area contributed by atoms with Crippen molar-refractivity contribution in [3.05, 3.63) is 71.3 Å². The fourth-order valence-corrected chi connectivity index (χ4v) is 3.61. The zero-order valence-corrected chi connectivity index (χ0v) is 19.6. The molecule has 0 radical (unpaired) electrons. The normalized spacial score (nSPS) is 10.8. The number of esters is 1. The van der Waals surface area contributed by atoms with Gasteiger partial charge in [-0.05, 0) is 60.5 Å². The zero-order chi connectivity index (χ0) is 22.5. The monoisotopic (exact) mass is 421 g/mol. The van der Waals surface area contributed by atoms with Crippen LogP contribution in [0.5, 0.6) is 0 Å². The van der Waals surface area contributed by atoms with Crippen LogP contribution in [0.15, 0.2) is 54.6 Å². The minimum atomic E-state index is -0.309. The molecule has 31 heavy (non-hydrogen) atoms. The van der Waals surface area contributed by atoms with Gasteiger partial charge in [0.1, 0.15) is 0 Å². The Morgan fingerprint density at radius 2 is 1.65 bits per heavy atom. The van der Waals surface area contributed by atoms with Gasteiger partial charge in [0.05, 0.1) is 6.61 Å². The summed E-state index contributed by atoms with van der Waals surface area (Å²) < 4.78 is 5.39. The summed E-state index contributed by atoms with van der Waals surface area (Å²) in [5.74, 6) is -0.309. The standard InChI is InChI=1S/C28H39NO2/c1-5-7-9-10-24-11-14-26(15-12-24)27-16-13-25(20-22(27)3)17-19-31-28(30)23(4)21-29-18-8-6-2/h11-16,20,29H,4-10,17-19,21H2,1-3H3.